The zero-order valence-corrected chi connectivity index (χ0v) is 20.6. The lowest BCUT2D eigenvalue weighted by Crippen LogP contribution is -2.31. The van der Waals surface area contributed by atoms with Crippen molar-refractivity contribution in [2.24, 2.45) is 5.92 Å². The predicted octanol–water partition coefficient (Wildman–Crippen LogP) is 8.21. The molecule has 1 fully saturated rings. The fourth-order valence-corrected chi connectivity index (χ4v) is 8.57. The van der Waals surface area contributed by atoms with E-state index in [-0.39, 0.29) is 5.92 Å². The van der Waals surface area contributed by atoms with Crippen molar-refractivity contribution in [2.45, 2.75) is 48.2 Å². The molecule has 4 aromatic rings. The molecule has 0 radical (unpaired) electrons. The first-order valence-electron chi connectivity index (χ1n) is 12.7. The Bertz CT molecular complexity index is 1420. The Labute approximate surface area is 208 Å². The minimum absolute atomic E-state index is 0.0817. The lowest BCUT2D eigenvalue weighted by atomic mass is 9.67. The van der Waals surface area contributed by atoms with Crippen molar-refractivity contribution in [3.63, 3.8) is 0 Å². The maximum Gasteiger partial charge on any atom is 0.186 e. The summed E-state index contributed by atoms with van der Waals surface area (Å²) in [4.78, 5) is 0.418. The highest BCUT2D eigenvalue weighted by Gasteiger charge is 2.46. The maximum atomic E-state index is 14.5. The molecule has 1 saturated carbocycles. The van der Waals surface area contributed by atoms with Crippen LogP contribution in [0.15, 0.2) is 108 Å². The Kier molecular flexibility index (Phi) is 5.82. The van der Waals surface area contributed by atoms with Gasteiger partial charge in [-0.3, -0.25) is 0 Å². The van der Waals surface area contributed by atoms with Crippen molar-refractivity contribution < 1.29 is 8.42 Å². The minimum atomic E-state index is -3.62. The van der Waals surface area contributed by atoms with Crippen LogP contribution in [0.1, 0.15) is 54.4 Å². The molecule has 0 heterocycles. The van der Waals surface area contributed by atoms with Crippen molar-refractivity contribution >= 4 is 9.84 Å². The summed E-state index contributed by atoms with van der Waals surface area (Å²) in [5.41, 5.74) is 6.73. The first-order chi connectivity index (χ1) is 17.2. The molecule has 2 atom stereocenters. The van der Waals surface area contributed by atoms with Gasteiger partial charge < -0.3 is 0 Å². The summed E-state index contributed by atoms with van der Waals surface area (Å²) in [7, 11) is -3.62. The van der Waals surface area contributed by atoms with Crippen LogP contribution in [0.25, 0.3) is 22.3 Å². The van der Waals surface area contributed by atoms with Gasteiger partial charge in [0, 0.05) is 5.92 Å². The van der Waals surface area contributed by atoms with Gasteiger partial charge in [-0.2, -0.15) is 0 Å². The van der Waals surface area contributed by atoms with Crippen molar-refractivity contribution in [1.82, 2.24) is 0 Å². The molecule has 4 aromatic carbocycles. The topological polar surface area (TPSA) is 34.1 Å². The molecule has 6 rings (SSSR count). The van der Waals surface area contributed by atoms with Gasteiger partial charge in [0.2, 0.25) is 0 Å². The maximum absolute atomic E-state index is 14.5. The van der Waals surface area contributed by atoms with Crippen LogP contribution in [0, 0.1) is 5.92 Å². The van der Waals surface area contributed by atoms with Crippen LogP contribution in [-0.4, -0.2) is 8.42 Å². The number of rotatable bonds is 4. The van der Waals surface area contributed by atoms with Gasteiger partial charge in [0.1, 0.15) is 0 Å². The summed E-state index contributed by atoms with van der Waals surface area (Å²) < 4.78 is 28.9. The molecule has 0 N–H and O–H groups in total. The zero-order chi connectivity index (χ0) is 23.8. The van der Waals surface area contributed by atoms with Gasteiger partial charge in [-0.05, 0) is 64.3 Å². The van der Waals surface area contributed by atoms with Crippen LogP contribution in [0.5, 0.6) is 0 Å². The van der Waals surface area contributed by atoms with Crippen molar-refractivity contribution in [2.75, 3.05) is 0 Å². The largest absolute Gasteiger partial charge is 0.223 e. The van der Waals surface area contributed by atoms with Gasteiger partial charge in [0.25, 0.3) is 0 Å². The van der Waals surface area contributed by atoms with Crippen LogP contribution in [0.2, 0.25) is 0 Å². The third-order valence-electron chi connectivity index (χ3n) is 7.97. The molecule has 0 unspecified atom stereocenters. The molecule has 176 valence electrons. The van der Waals surface area contributed by atoms with Crippen molar-refractivity contribution in [3.05, 3.63) is 114 Å². The van der Waals surface area contributed by atoms with Gasteiger partial charge in [0.05, 0.1) is 10.1 Å². The Morgan fingerprint density at radius 3 is 1.91 bits per heavy atom. The van der Waals surface area contributed by atoms with E-state index >= 15 is 0 Å². The molecule has 2 aliphatic rings. The number of hydrogen-bond acceptors (Lipinski definition) is 2. The molecule has 0 bridgehead atoms. The molecule has 2 aliphatic carbocycles. The molecule has 0 saturated heterocycles. The van der Waals surface area contributed by atoms with Crippen molar-refractivity contribution in [3.8, 4) is 22.3 Å². The van der Waals surface area contributed by atoms with Crippen LogP contribution >= 0.6 is 0 Å². The SMILES string of the molecule is O=S(=O)(c1ccccc1)[C@@H]1c2ccccc2-c2cccc(-c3ccccc3)c2[C@H]1C1CCCCC1. The second-order valence-electron chi connectivity index (χ2n) is 9.92. The molecular weight excluding hydrogens is 448 g/mol. The molecule has 2 nitrogen and oxygen atoms in total. The standard InChI is InChI=1S/C32H30O2S/c33-35(34,25-17-8-3-9-18-25)32-29-20-11-10-19-27(29)28-22-12-21-26(23-13-4-1-5-14-23)31(28)30(32)24-15-6-2-7-16-24/h1,3-5,8-14,17-22,24,30,32H,2,6-7,15-16H2/t30-,32-/m1/s1. The van der Waals surface area contributed by atoms with Gasteiger partial charge in [-0.1, -0.05) is 110 Å². The summed E-state index contributed by atoms with van der Waals surface area (Å²) in [5.74, 6) is 0.256. The molecule has 3 heteroatoms. The Morgan fingerprint density at radius 2 is 1.17 bits per heavy atom. The van der Waals surface area contributed by atoms with E-state index < -0.39 is 15.1 Å². The van der Waals surface area contributed by atoms with E-state index in [2.05, 4.69) is 54.6 Å². The van der Waals surface area contributed by atoms with Gasteiger partial charge in [-0.15, -0.1) is 0 Å². The normalized spacial score (nSPS) is 20.1. The number of fused-ring (bicyclic) bond motifs is 3. The summed E-state index contributed by atoms with van der Waals surface area (Å²) in [6, 6.07) is 34.2. The first-order valence-corrected chi connectivity index (χ1v) is 14.3. The lowest BCUT2D eigenvalue weighted by Gasteiger charge is -2.42. The monoisotopic (exact) mass is 478 g/mol. The van der Waals surface area contributed by atoms with Crippen molar-refractivity contribution in [1.29, 1.82) is 0 Å². The number of benzene rings is 4. The molecule has 0 aromatic heterocycles. The van der Waals surface area contributed by atoms with E-state index in [1.54, 1.807) is 12.1 Å². The third kappa shape index (κ3) is 3.83. The highest BCUT2D eigenvalue weighted by atomic mass is 32.2. The minimum Gasteiger partial charge on any atom is -0.223 e. The smallest absolute Gasteiger partial charge is 0.186 e. The van der Waals surface area contributed by atoms with E-state index in [0.717, 1.165) is 29.5 Å². The van der Waals surface area contributed by atoms with Crippen LogP contribution in [-0.2, 0) is 9.84 Å². The molecule has 0 spiro atoms. The number of sulfone groups is 1. The van der Waals surface area contributed by atoms with Crippen LogP contribution in [0.3, 0.4) is 0 Å². The fourth-order valence-electron chi connectivity index (χ4n) is 6.46. The second-order valence-corrected chi connectivity index (χ2v) is 12.0. The molecule has 0 amide bonds. The third-order valence-corrected chi connectivity index (χ3v) is 10.1. The Morgan fingerprint density at radius 1 is 0.571 bits per heavy atom. The highest BCUT2D eigenvalue weighted by Crippen LogP contribution is 2.57. The molecule has 35 heavy (non-hydrogen) atoms. The van der Waals surface area contributed by atoms with E-state index in [1.165, 1.54) is 36.0 Å². The highest BCUT2D eigenvalue weighted by molar-refractivity contribution is 7.91. The van der Waals surface area contributed by atoms with E-state index in [9.17, 15) is 8.42 Å². The summed E-state index contributed by atoms with van der Waals surface area (Å²) in [6.45, 7) is 0. The predicted molar refractivity (Wildman–Crippen MR) is 143 cm³/mol. The quantitative estimate of drug-likeness (QED) is 0.296. The molecule has 0 aliphatic heterocycles. The Balaban J connectivity index is 1.67. The average Bonchev–Trinajstić information content (AvgIpc) is 2.93. The summed E-state index contributed by atoms with van der Waals surface area (Å²) in [6.07, 6.45) is 5.74. The van der Waals surface area contributed by atoms with E-state index in [4.69, 9.17) is 0 Å². The van der Waals surface area contributed by atoms with E-state index in [1.807, 2.05) is 36.4 Å². The molecular formula is C32H30O2S. The van der Waals surface area contributed by atoms with Gasteiger partial charge in [-0.25, -0.2) is 8.42 Å². The van der Waals surface area contributed by atoms with Gasteiger partial charge >= 0.3 is 0 Å². The average molecular weight is 479 g/mol. The first kappa shape index (κ1) is 22.3. The lowest BCUT2D eigenvalue weighted by molar-refractivity contribution is 0.295. The van der Waals surface area contributed by atoms with E-state index in [0.29, 0.717) is 10.8 Å². The summed E-state index contributed by atoms with van der Waals surface area (Å²) in [5, 5.41) is -0.596. The fraction of sp³-hybridized carbons (Fsp3) is 0.250. The van der Waals surface area contributed by atoms with Gasteiger partial charge in [0.15, 0.2) is 9.84 Å². The summed E-state index contributed by atoms with van der Waals surface area (Å²) >= 11 is 0. The Hall–Kier alpha value is -3.17. The van der Waals surface area contributed by atoms with Crippen LogP contribution < -0.4 is 0 Å². The van der Waals surface area contributed by atoms with Crippen LogP contribution in [0.4, 0.5) is 0 Å². The second kappa shape index (κ2) is 9.13. The number of hydrogen-bond donors (Lipinski definition) is 0. The zero-order valence-electron chi connectivity index (χ0n) is 19.8.